The highest BCUT2D eigenvalue weighted by Crippen LogP contribution is 2.23. The Bertz CT molecular complexity index is 398. The number of nitrogens with zero attached hydrogens (tertiary/aromatic N) is 1. The average Bonchev–Trinajstić information content (AvgIpc) is 2.25. The van der Waals surface area contributed by atoms with Gasteiger partial charge in [0.2, 0.25) is 0 Å². The Morgan fingerprint density at radius 3 is 2.27 bits per heavy atom. The molecule has 2 aromatic rings. The highest BCUT2D eigenvalue weighted by molar-refractivity contribution is 9.10. The number of ether oxygens (including phenoxy) is 1. The van der Waals surface area contributed by atoms with Gasteiger partial charge in [0.25, 0.3) is 0 Å². The minimum Gasteiger partial charge on any atom is -0.456 e. The van der Waals surface area contributed by atoms with Crippen LogP contribution in [0.15, 0.2) is 47.1 Å². The Kier molecular flexibility index (Phi) is 3.23. The summed E-state index contributed by atoms with van der Waals surface area (Å²) in [6, 6.07) is 11.0. The van der Waals surface area contributed by atoms with Gasteiger partial charge < -0.3 is 4.74 Å². The maximum atomic E-state index is 5.66. The van der Waals surface area contributed by atoms with E-state index < -0.39 is 0 Å². The minimum absolute atomic E-state index is 0.457. The largest absolute Gasteiger partial charge is 0.456 e. The van der Waals surface area contributed by atoms with Gasteiger partial charge in [0, 0.05) is 4.47 Å². The predicted octanol–water partition coefficient (Wildman–Crippen LogP) is 4.29. The van der Waals surface area contributed by atoms with E-state index in [1.54, 1.807) is 18.3 Å². The number of pyridine rings is 1. The van der Waals surface area contributed by atoms with Gasteiger partial charge >= 0.3 is 0 Å². The van der Waals surface area contributed by atoms with E-state index in [0.717, 1.165) is 10.2 Å². The molecule has 0 aliphatic carbocycles. The van der Waals surface area contributed by atoms with Crippen LogP contribution in [0, 0.1) is 0 Å². The molecule has 0 saturated heterocycles. The molecule has 4 heteroatoms. The lowest BCUT2D eigenvalue weighted by atomic mass is 10.3. The topological polar surface area (TPSA) is 22.1 Å². The molecular weight excluding hydrogens is 277 g/mol. The van der Waals surface area contributed by atoms with Crippen molar-refractivity contribution in [3.8, 4) is 11.5 Å². The molecule has 1 aromatic heterocycles. The first-order valence-electron chi connectivity index (χ1n) is 4.29. The van der Waals surface area contributed by atoms with E-state index in [1.165, 1.54) is 0 Å². The third-order valence-electron chi connectivity index (χ3n) is 1.75. The first kappa shape index (κ1) is 10.5. The van der Waals surface area contributed by atoms with Crippen LogP contribution in [0.4, 0.5) is 0 Å². The number of halogens is 2. The summed E-state index contributed by atoms with van der Waals surface area (Å²) >= 11 is 9.02. The van der Waals surface area contributed by atoms with Crippen molar-refractivity contribution in [1.29, 1.82) is 0 Å². The monoisotopic (exact) mass is 283 g/mol. The van der Waals surface area contributed by atoms with Gasteiger partial charge in [-0.05, 0) is 36.4 Å². The lowest BCUT2D eigenvalue weighted by molar-refractivity contribution is 0.480. The summed E-state index contributed by atoms with van der Waals surface area (Å²) in [4.78, 5) is 3.92. The maximum absolute atomic E-state index is 5.66. The molecule has 0 N–H and O–H groups in total. The fourth-order valence-corrected chi connectivity index (χ4v) is 1.44. The average molecular weight is 285 g/mol. The number of hydrogen-bond donors (Lipinski definition) is 0. The first-order valence-corrected chi connectivity index (χ1v) is 5.46. The molecule has 0 unspecified atom stereocenters. The SMILES string of the molecule is Clc1ccc(Oc2ccc(Br)cc2)cn1. The molecule has 0 saturated carbocycles. The van der Waals surface area contributed by atoms with Crippen molar-refractivity contribution < 1.29 is 4.74 Å². The van der Waals surface area contributed by atoms with Crippen molar-refractivity contribution in [3.63, 3.8) is 0 Å². The van der Waals surface area contributed by atoms with Crippen LogP contribution >= 0.6 is 27.5 Å². The lowest BCUT2D eigenvalue weighted by Gasteiger charge is -2.04. The molecule has 0 aliphatic rings. The quantitative estimate of drug-likeness (QED) is 0.768. The highest BCUT2D eigenvalue weighted by Gasteiger charge is 1.97. The van der Waals surface area contributed by atoms with E-state index in [0.29, 0.717) is 10.9 Å². The van der Waals surface area contributed by atoms with Crippen LogP contribution in [0.5, 0.6) is 11.5 Å². The van der Waals surface area contributed by atoms with Crippen molar-refractivity contribution in [2.24, 2.45) is 0 Å². The van der Waals surface area contributed by atoms with E-state index in [2.05, 4.69) is 20.9 Å². The van der Waals surface area contributed by atoms with Gasteiger partial charge in [-0.1, -0.05) is 27.5 Å². The van der Waals surface area contributed by atoms with E-state index in [-0.39, 0.29) is 0 Å². The Morgan fingerprint density at radius 1 is 1.00 bits per heavy atom. The summed E-state index contributed by atoms with van der Waals surface area (Å²) in [5.74, 6) is 1.43. The van der Waals surface area contributed by atoms with Gasteiger partial charge in [-0.2, -0.15) is 0 Å². The Hall–Kier alpha value is -1.06. The smallest absolute Gasteiger partial charge is 0.145 e. The van der Waals surface area contributed by atoms with Crippen LogP contribution in [0.2, 0.25) is 5.15 Å². The van der Waals surface area contributed by atoms with E-state index in [9.17, 15) is 0 Å². The maximum Gasteiger partial charge on any atom is 0.145 e. The number of hydrogen-bond acceptors (Lipinski definition) is 2. The van der Waals surface area contributed by atoms with Crippen molar-refractivity contribution in [1.82, 2.24) is 4.98 Å². The Labute approximate surface area is 101 Å². The second-order valence-electron chi connectivity index (χ2n) is 2.87. The van der Waals surface area contributed by atoms with Crippen molar-refractivity contribution in [2.75, 3.05) is 0 Å². The molecule has 2 nitrogen and oxygen atoms in total. The molecule has 2 rings (SSSR count). The van der Waals surface area contributed by atoms with E-state index >= 15 is 0 Å². The molecule has 76 valence electrons. The second-order valence-corrected chi connectivity index (χ2v) is 4.18. The molecule has 1 heterocycles. The highest BCUT2D eigenvalue weighted by atomic mass is 79.9. The van der Waals surface area contributed by atoms with Crippen LogP contribution in [-0.4, -0.2) is 4.98 Å². The fourth-order valence-electron chi connectivity index (χ4n) is 1.06. The van der Waals surface area contributed by atoms with Gasteiger partial charge in [-0.25, -0.2) is 4.98 Å². The molecule has 15 heavy (non-hydrogen) atoms. The molecule has 1 aromatic carbocycles. The zero-order valence-corrected chi connectivity index (χ0v) is 9.99. The number of rotatable bonds is 2. The summed E-state index contributed by atoms with van der Waals surface area (Å²) < 4.78 is 6.56. The van der Waals surface area contributed by atoms with Crippen molar-refractivity contribution in [2.45, 2.75) is 0 Å². The number of benzene rings is 1. The van der Waals surface area contributed by atoms with Gasteiger partial charge in [0.05, 0.1) is 6.20 Å². The van der Waals surface area contributed by atoms with E-state index in [1.807, 2.05) is 24.3 Å². The molecular formula is C11H7BrClNO. The summed E-state index contributed by atoms with van der Waals surface area (Å²) in [6.45, 7) is 0. The van der Waals surface area contributed by atoms with Gasteiger partial charge in [0.1, 0.15) is 16.7 Å². The zero-order valence-electron chi connectivity index (χ0n) is 7.65. The Morgan fingerprint density at radius 2 is 1.67 bits per heavy atom. The molecule has 0 aliphatic heterocycles. The summed E-state index contributed by atoms with van der Waals surface area (Å²) in [6.07, 6.45) is 1.59. The summed E-state index contributed by atoms with van der Waals surface area (Å²) in [5, 5.41) is 0.457. The van der Waals surface area contributed by atoms with Crippen LogP contribution < -0.4 is 4.74 Å². The van der Waals surface area contributed by atoms with Crippen molar-refractivity contribution in [3.05, 3.63) is 52.2 Å². The second kappa shape index (κ2) is 4.64. The van der Waals surface area contributed by atoms with Crippen LogP contribution in [0.25, 0.3) is 0 Å². The minimum atomic E-state index is 0.457. The lowest BCUT2D eigenvalue weighted by Crippen LogP contribution is -1.84. The third kappa shape index (κ3) is 2.94. The van der Waals surface area contributed by atoms with Gasteiger partial charge in [0.15, 0.2) is 0 Å². The van der Waals surface area contributed by atoms with Crippen LogP contribution in [0.1, 0.15) is 0 Å². The number of aromatic nitrogens is 1. The normalized spacial score (nSPS) is 10.0. The zero-order chi connectivity index (χ0) is 10.7. The van der Waals surface area contributed by atoms with E-state index in [4.69, 9.17) is 16.3 Å². The predicted molar refractivity (Wildman–Crippen MR) is 63.5 cm³/mol. The van der Waals surface area contributed by atoms with Crippen molar-refractivity contribution >= 4 is 27.5 Å². The molecule has 0 atom stereocenters. The molecule has 0 radical (unpaired) electrons. The Balaban J connectivity index is 2.15. The fraction of sp³-hybridized carbons (Fsp3) is 0. The molecule has 0 spiro atoms. The molecule has 0 fully saturated rings. The van der Waals surface area contributed by atoms with Crippen LogP contribution in [-0.2, 0) is 0 Å². The first-order chi connectivity index (χ1) is 7.24. The molecule has 0 amide bonds. The summed E-state index contributed by atoms with van der Waals surface area (Å²) in [7, 11) is 0. The van der Waals surface area contributed by atoms with Gasteiger partial charge in [-0.3, -0.25) is 0 Å². The van der Waals surface area contributed by atoms with Crippen LogP contribution in [0.3, 0.4) is 0 Å². The molecule has 0 bridgehead atoms. The summed E-state index contributed by atoms with van der Waals surface area (Å²) in [5.41, 5.74) is 0. The standard InChI is InChI=1S/C11H7BrClNO/c12-8-1-3-9(4-2-8)15-10-5-6-11(13)14-7-10/h1-7H. The third-order valence-corrected chi connectivity index (χ3v) is 2.50. The van der Waals surface area contributed by atoms with Gasteiger partial charge in [-0.15, -0.1) is 0 Å².